The van der Waals surface area contributed by atoms with E-state index in [1.807, 2.05) is 61.0 Å². The average molecular weight is 403 g/mol. The summed E-state index contributed by atoms with van der Waals surface area (Å²) in [5.74, 6) is -1.32. The third-order valence-electron chi connectivity index (χ3n) is 4.21. The summed E-state index contributed by atoms with van der Waals surface area (Å²) in [5, 5.41) is 6.63. The first-order valence-corrected chi connectivity index (χ1v) is 10.1. The number of carbonyl (C=O) groups excluding carboxylic acids is 3. The van der Waals surface area contributed by atoms with Crippen LogP contribution in [0.1, 0.15) is 25.0 Å². The van der Waals surface area contributed by atoms with E-state index in [4.69, 9.17) is 4.74 Å². The molecule has 28 heavy (non-hydrogen) atoms. The number of amides is 2. The number of hydrogen-bond acceptors (Lipinski definition) is 5. The van der Waals surface area contributed by atoms with Gasteiger partial charge in [0.15, 0.2) is 6.61 Å². The molecule has 7 heteroatoms. The quantitative estimate of drug-likeness (QED) is 0.654. The summed E-state index contributed by atoms with van der Waals surface area (Å²) in [6, 6.07) is 10.4. The lowest BCUT2D eigenvalue weighted by Crippen LogP contribution is -2.46. The van der Waals surface area contributed by atoms with Gasteiger partial charge in [-0.25, -0.2) is 4.79 Å². The Bertz CT molecular complexity index is 775. The number of hydrogen-bond donors (Lipinski definition) is 1. The number of ether oxygens (including phenoxy) is 1. The minimum atomic E-state index is -0.800. The van der Waals surface area contributed by atoms with Gasteiger partial charge in [-0.3, -0.25) is 9.59 Å². The summed E-state index contributed by atoms with van der Waals surface area (Å²) in [5.41, 5.74) is 1.89. The monoisotopic (exact) mass is 402 g/mol. The molecular weight excluding hydrogens is 376 g/mol. The first-order chi connectivity index (χ1) is 13.4. The summed E-state index contributed by atoms with van der Waals surface area (Å²) >= 11 is 1.56. The highest BCUT2D eigenvalue weighted by molar-refractivity contribution is 7.07. The Morgan fingerprint density at radius 1 is 1.11 bits per heavy atom. The maximum absolute atomic E-state index is 12.4. The molecule has 1 atom stereocenters. The highest BCUT2D eigenvalue weighted by atomic mass is 32.1. The van der Waals surface area contributed by atoms with E-state index in [0.29, 0.717) is 6.54 Å². The number of carbonyl (C=O) groups is 3. The summed E-state index contributed by atoms with van der Waals surface area (Å²) in [6.45, 7) is 3.75. The number of esters is 1. The van der Waals surface area contributed by atoms with E-state index in [1.165, 1.54) is 4.90 Å². The minimum absolute atomic E-state index is 0.161. The van der Waals surface area contributed by atoms with Crippen LogP contribution in [-0.4, -0.2) is 42.4 Å². The fourth-order valence-electron chi connectivity index (χ4n) is 2.58. The van der Waals surface area contributed by atoms with Crippen molar-refractivity contribution < 1.29 is 19.1 Å². The molecule has 0 unspecified atom stereocenters. The highest BCUT2D eigenvalue weighted by Crippen LogP contribution is 2.09. The van der Waals surface area contributed by atoms with Crippen LogP contribution in [0, 0.1) is 5.92 Å². The van der Waals surface area contributed by atoms with Crippen molar-refractivity contribution in [2.45, 2.75) is 32.9 Å². The topological polar surface area (TPSA) is 75.7 Å². The van der Waals surface area contributed by atoms with Gasteiger partial charge in [-0.1, -0.05) is 44.2 Å². The Labute approximate surface area is 169 Å². The molecule has 0 saturated carbocycles. The second-order valence-electron chi connectivity index (χ2n) is 6.94. The lowest BCUT2D eigenvalue weighted by Gasteiger charge is -2.22. The summed E-state index contributed by atoms with van der Waals surface area (Å²) in [4.78, 5) is 38.4. The molecular formula is C21H26N2O4S. The molecule has 0 aliphatic rings. The van der Waals surface area contributed by atoms with Crippen LogP contribution >= 0.6 is 11.3 Å². The maximum Gasteiger partial charge on any atom is 0.329 e. The number of thiophene rings is 1. The molecule has 0 saturated heterocycles. The maximum atomic E-state index is 12.4. The Hall–Kier alpha value is -2.67. The van der Waals surface area contributed by atoms with E-state index in [0.717, 1.165) is 11.1 Å². The lowest BCUT2D eigenvalue weighted by atomic mass is 10.0. The van der Waals surface area contributed by atoms with Crippen molar-refractivity contribution in [1.29, 1.82) is 0 Å². The summed E-state index contributed by atoms with van der Waals surface area (Å²) in [6.07, 6.45) is 0.180. The Morgan fingerprint density at radius 3 is 2.43 bits per heavy atom. The van der Waals surface area contributed by atoms with Crippen LogP contribution in [-0.2, 0) is 32.1 Å². The molecule has 2 amide bonds. The van der Waals surface area contributed by atoms with E-state index in [2.05, 4.69) is 5.32 Å². The first-order valence-electron chi connectivity index (χ1n) is 9.11. The van der Waals surface area contributed by atoms with Crippen molar-refractivity contribution in [1.82, 2.24) is 10.2 Å². The molecule has 150 valence electrons. The van der Waals surface area contributed by atoms with E-state index in [1.54, 1.807) is 18.4 Å². The fraction of sp³-hybridized carbons (Fsp3) is 0.381. The normalized spacial score (nSPS) is 11.7. The molecule has 0 spiro atoms. The molecule has 0 fully saturated rings. The first kappa shape index (κ1) is 21.6. The van der Waals surface area contributed by atoms with Crippen LogP contribution < -0.4 is 5.32 Å². The number of nitrogens with zero attached hydrogens (tertiary/aromatic N) is 1. The second kappa shape index (κ2) is 10.6. The average Bonchev–Trinajstić information content (AvgIpc) is 3.17. The van der Waals surface area contributed by atoms with Gasteiger partial charge in [0.05, 0.1) is 6.42 Å². The fourth-order valence-corrected chi connectivity index (χ4v) is 3.24. The zero-order chi connectivity index (χ0) is 20.5. The molecule has 0 aliphatic heterocycles. The lowest BCUT2D eigenvalue weighted by molar-refractivity contribution is -0.155. The molecule has 2 aromatic rings. The van der Waals surface area contributed by atoms with Crippen LogP contribution in [0.25, 0.3) is 0 Å². The minimum Gasteiger partial charge on any atom is -0.454 e. The van der Waals surface area contributed by atoms with Crippen LogP contribution in [0.2, 0.25) is 0 Å². The molecule has 1 aromatic carbocycles. The predicted molar refractivity (Wildman–Crippen MR) is 109 cm³/mol. The highest BCUT2D eigenvalue weighted by Gasteiger charge is 2.26. The van der Waals surface area contributed by atoms with Crippen LogP contribution in [0.5, 0.6) is 0 Å². The van der Waals surface area contributed by atoms with Crippen molar-refractivity contribution in [2.75, 3.05) is 13.7 Å². The number of rotatable bonds is 9. The van der Waals surface area contributed by atoms with Gasteiger partial charge in [0, 0.05) is 13.6 Å². The Kier molecular flexibility index (Phi) is 8.19. The van der Waals surface area contributed by atoms with Gasteiger partial charge < -0.3 is 15.0 Å². The number of benzene rings is 1. The van der Waals surface area contributed by atoms with Gasteiger partial charge in [0.2, 0.25) is 5.91 Å². The summed E-state index contributed by atoms with van der Waals surface area (Å²) in [7, 11) is 1.66. The van der Waals surface area contributed by atoms with Crippen molar-refractivity contribution in [3.8, 4) is 0 Å². The van der Waals surface area contributed by atoms with Crippen LogP contribution in [0.4, 0.5) is 0 Å². The SMILES string of the molecule is CC(C)[C@H](NC(=O)Cc1ccccc1)C(=O)OCC(=O)N(C)Cc1ccsc1. The van der Waals surface area contributed by atoms with Gasteiger partial charge in [-0.05, 0) is 33.9 Å². The van der Waals surface area contributed by atoms with Gasteiger partial charge in [0.1, 0.15) is 6.04 Å². The van der Waals surface area contributed by atoms with Crippen molar-refractivity contribution in [3.63, 3.8) is 0 Å². The van der Waals surface area contributed by atoms with Gasteiger partial charge >= 0.3 is 5.97 Å². The van der Waals surface area contributed by atoms with E-state index >= 15 is 0 Å². The second-order valence-corrected chi connectivity index (χ2v) is 7.72. The molecule has 0 aliphatic carbocycles. The largest absolute Gasteiger partial charge is 0.454 e. The molecule has 0 bridgehead atoms. The molecule has 2 rings (SSSR count). The number of likely N-dealkylation sites (N-methyl/N-ethyl adjacent to an activating group) is 1. The van der Waals surface area contributed by atoms with Crippen molar-refractivity contribution in [2.24, 2.45) is 5.92 Å². The molecule has 1 aromatic heterocycles. The van der Waals surface area contributed by atoms with E-state index < -0.39 is 12.0 Å². The predicted octanol–water partition coefficient (Wildman–Crippen LogP) is 2.63. The van der Waals surface area contributed by atoms with Gasteiger partial charge in [-0.2, -0.15) is 11.3 Å². The van der Waals surface area contributed by atoms with Crippen molar-refractivity contribution >= 4 is 29.1 Å². The molecule has 0 radical (unpaired) electrons. The van der Waals surface area contributed by atoms with Crippen LogP contribution in [0.15, 0.2) is 47.2 Å². The number of nitrogens with one attached hydrogen (secondary N) is 1. The Balaban J connectivity index is 1.84. The third kappa shape index (κ3) is 6.81. The molecule has 1 heterocycles. The molecule has 1 N–H and O–H groups in total. The van der Waals surface area contributed by atoms with Crippen molar-refractivity contribution in [3.05, 3.63) is 58.3 Å². The van der Waals surface area contributed by atoms with Gasteiger partial charge in [-0.15, -0.1) is 0 Å². The van der Waals surface area contributed by atoms with Gasteiger partial charge in [0.25, 0.3) is 5.91 Å². The third-order valence-corrected chi connectivity index (χ3v) is 4.94. The van der Waals surface area contributed by atoms with E-state index in [9.17, 15) is 14.4 Å². The Morgan fingerprint density at radius 2 is 1.82 bits per heavy atom. The van der Waals surface area contributed by atoms with Crippen LogP contribution in [0.3, 0.4) is 0 Å². The summed E-state index contributed by atoms with van der Waals surface area (Å²) < 4.78 is 5.18. The standard InChI is InChI=1S/C21H26N2O4S/c1-15(2)20(22-18(24)11-16-7-5-4-6-8-16)21(26)27-13-19(25)23(3)12-17-9-10-28-14-17/h4-10,14-15,20H,11-13H2,1-3H3,(H,22,24)/t20-/m0/s1. The van der Waals surface area contributed by atoms with E-state index in [-0.39, 0.29) is 30.8 Å². The molecule has 6 nitrogen and oxygen atoms in total. The zero-order valence-electron chi connectivity index (χ0n) is 16.4. The zero-order valence-corrected chi connectivity index (χ0v) is 17.2. The smallest absolute Gasteiger partial charge is 0.329 e.